The maximum Gasteiger partial charge on any atom is 0.329 e. The molecule has 1 amide bonds. The van der Waals surface area contributed by atoms with Crippen LogP contribution in [-0.2, 0) is 24.2 Å². The van der Waals surface area contributed by atoms with Crippen LogP contribution < -0.4 is 5.32 Å². The summed E-state index contributed by atoms with van der Waals surface area (Å²) >= 11 is 0. The van der Waals surface area contributed by atoms with Crippen LogP contribution in [-0.4, -0.2) is 44.4 Å². The molecule has 1 fully saturated rings. The van der Waals surface area contributed by atoms with Gasteiger partial charge in [0.05, 0.1) is 12.9 Å². The quantitative estimate of drug-likeness (QED) is 0.611. The maximum absolute atomic E-state index is 12.3. The highest BCUT2D eigenvalue weighted by Gasteiger charge is 2.42. The highest BCUT2D eigenvalue weighted by Crippen LogP contribution is 2.43. The van der Waals surface area contributed by atoms with Crippen molar-refractivity contribution in [3.8, 4) is 0 Å². The Bertz CT molecular complexity index is 675. The Morgan fingerprint density at radius 2 is 2.04 bits per heavy atom. The molecule has 1 N–H and O–H groups in total. The van der Waals surface area contributed by atoms with Crippen LogP contribution in [0.3, 0.4) is 0 Å². The fourth-order valence-corrected chi connectivity index (χ4v) is 4.59. The number of sulfone groups is 1. The molecule has 7 heteroatoms. The Labute approximate surface area is 136 Å². The van der Waals surface area contributed by atoms with Crippen LogP contribution in [0.1, 0.15) is 27.2 Å². The van der Waals surface area contributed by atoms with E-state index in [0.717, 1.165) is 13.5 Å². The lowest BCUT2D eigenvalue weighted by Gasteiger charge is -2.29. The number of rotatable bonds is 3. The number of methoxy groups -OCH3 is 1. The predicted octanol–water partition coefficient (Wildman–Crippen LogP) is 0.990. The number of carbonyl (C=O) groups is 2. The molecule has 1 aliphatic carbocycles. The van der Waals surface area contributed by atoms with Gasteiger partial charge in [-0.15, -0.1) is 0 Å². The van der Waals surface area contributed by atoms with E-state index in [9.17, 15) is 18.0 Å². The summed E-state index contributed by atoms with van der Waals surface area (Å²) in [5, 5.41) is 1.17. The molecular formula is C16H23NO5S. The second kappa shape index (κ2) is 6.11. The van der Waals surface area contributed by atoms with Gasteiger partial charge in [-0.05, 0) is 24.7 Å². The first-order chi connectivity index (χ1) is 10.6. The number of nitrogens with one attached hydrogen (secondary N) is 1. The van der Waals surface area contributed by atoms with Crippen LogP contribution in [0.15, 0.2) is 23.8 Å². The lowest BCUT2D eigenvalue weighted by molar-refractivity contribution is -0.144. The highest BCUT2D eigenvalue weighted by atomic mass is 32.2. The van der Waals surface area contributed by atoms with Crippen molar-refractivity contribution in [1.82, 2.24) is 5.32 Å². The number of allylic oxidation sites excluding steroid dienone is 3. The number of amides is 1. The monoisotopic (exact) mass is 341 g/mol. The van der Waals surface area contributed by atoms with Gasteiger partial charge >= 0.3 is 5.97 Å². The van der Waals surface area contributed by atoms with E-state index >= 15 is 0 Å². The summed E-state index contributed by atoms with van der Waals surface area (Å²) in [6.07, 6.45) is 6.23. The molecule has 0 radical (unpaired) electrons. The smallest absolute Gasteiger partial charge is 0.329 e. The molecule has 0 aromatic rings. The minimum Gasteiger partial charge on any atom is -0.467 e. The van der Waals surface area contributed by atoms with Gasteiger partial charge in [-0.3, -0.25) is 4.79 Å². The molecule has 0 bridgehead atoms. The summed E-state index contributed by atoms with van der Waals surface area (Å²) in [5.41, 5.74) is 1.20. The number of hydrogen-bond donors (Lipinski definition) is 1. The predicted molar refractivity (Wildman–Crippen MR) is 86.3 cm³/mol. The number of ether oxygens (including phenoxy) is 1. The van der Waals surface area contributed by atoms with Crippen LogP contribution in [0.4, 0.5) is 0 Å². The van der Waals surface area contributed by atoms with E-state index in [1.54, 1.807) is 0 Å². The fraction of sp³-hybridized carbons (Fsp3) is 0.625. The third-order valence-electron chi connectivity index (χ3n) is 4.99. The Morgan fingerprint density at radius 3 is 2.52 bits per heavy atom. The number of hydrogen-bond acceptors (Lipinski definition) is 5. The van der Waals surface area contributed by atoms with Crippen LogP contribution in [0.25, 0.3) is 0 Å². The van der Waals surface area contributed by atoms with Crippen LogP contribution in [0.5, 0.6) is 0 Å². The molecule has 23 heavy (non-hydrogen) atoms. The summed E-state index contributed by atoms with van der Waals surface area (Å²) in [7, 11) is -2.58. The zero-order chi connectivity index (χ0) is 17.4. The second-order valence-corrected chi connectivity index (χ2v) is 8.84. The van der Waals surface area contributed by atoms with Crippen molar-refractivity contribution in [2.75, 3.05) is 12.9 Å². The largest absolute Gasteiger partial charge is 0.467 e. The lowest BCUT2D eigenvalue weighted by Crippen LogP contribution is -2.57. The Balaban J connectivity index is 2.17. The minimum absolute atomic E-state index is 0.0556. The van der Waals surface area contributed by atoms with Gasteiger partial charge in [-0.1, -0.05) is 37.6 Å². The van der Waals surface area contributed by atoms with E-state index in [0.29, 0.717) is 0 Å². The molecule has 1 saturated heterocycles. The molecule has 1 aliphatic heterocycles. The van der Waals surface area contributed by atoms with Gasteiger partial charge in [-0.25, -0.2) is 13.2 Å². The van der Waals surface area contributed by atoms with Crippen molar-refractivity contribution < 1.29 is 22.7 Å². The van der Waals surface area contributed by atoms with Crippen molar-refractivity contribution in [1.29, 1.82) is 0 Å². The zero-order valence-corrected chi connectivity index (χ0v) is 14.6. The Kier molecular flexibility index (Phi) is 4.71. The average molecular weight is 341 g/mol. The van der Waals surface area contributed by atoms with E-state index in [1.807, 2.05) is 6.08 Å². The summed E-state index contributed by atoms with van der Waals surface area (Å²) in [5.74, 6) is -1.71. The first kappa shape index (κ1) is 17.7. The van der Waals surface area contributed by atoms with E-state index in [4.69, 9.17) is 0 Å². The summed E-state index contributed by atoms with van der Waals surface area (Å²) in [6, 6.07) is -1.13. The first-order valence-corrected chi connectivity index (χ1v) is 9.26. The van der Waals surface area contributed by atoms with Crippen LogP contribution in [0.2, 0.25) is 0 Å². The molecule has 1 heterocycles. The molecule has 0 saturated carbocycles. The molecule has 2 rings (SSSR count). The van der Waals surface area contributed by atoms with Gasteiger partial charge in [-0.2, -0.15) is 0 Å². The second-order valence-electron chi connectivity index (χ2n) is 6.67. The zero-order valence-electron chi connectivity index (χ0n) is 13.8. The molecule has 0 aromatic carbocycles. The molecule has 3 atom stereocenters. The number of esters is 1. The molecule has 6 nitrogen and oxygen atoms in total. The van der Waals surface area contributed by atoms with Gasteiger partial charge in [0.2, 0.25) is 5.91 Å². The van der Waals surface area contributed by atoms with Crippen molar-refractivity contribution in [2.45, 2.75) is 38.5 Å². The standard InChI is InChI=1S/C16H23NO5S/c1-10-5-6-11(16(10,2)3)7-8-13-14(18)17-12(15(19)22-4)9-23(13,20)21/h5,7-8,11-13H,6,9H2,1-4H3,(H,17,18)/b8-7+. The Morgan fingerprint density at radius 1 is 1.39 bits per heavy atom. The van der Waals surface area contributed by atoms with Crippen molar-refractivity contribution in [3.63, 3.8) is 0 Å². The van der Waals surface area contributed by atoms with Crippen LogP contribution >= 0.6 is 0 Å². The van der Waals surface area contributed by atoms with E-state index < -0.39 is 38.8 Å². The van der Waals surface area contributed by atoms with Crippen LogP contribution in [0, 0.1) is 11.3 Å². The lowest BCUT2D eigenvalue weighted by atomic mass is 9.77. The number of carbonyl (C=O) groups excluding carboxylic acids is 2. The third-order valence-corrected chi connectivity index (χ3v) is 6.93. The van der Waals surface area contributed by atoms with E-state index in [-0.39, 0.29) is 11.3 Å². The molecular weight excluding hydrogens is 318 g/mol. The molecule has 3 unspecified atom stereocenters. The highest BCUT2D eigenvalue weighted by molar-refractivity contribution is 7.93. The summed E-state index contributed by atoms with van der Waals surface area (Å²) < 4.78 is 29.1. The van der Waals surface area contributed by atoms with Crippen molar-refractivity contribution >= 4 is 21.7 Å². The van der Waals surface area contributed by atoms with Gasteiger partial charge in [0.1, 0.15) is 6.04 Å². The molecule has 128 valence electrons. The molecule has 0 spiro atoms. The first-order valence-electron chi connectivity index (χ1n) is 7.55. The topological polar surface area (TPSA) is 89.5 Å². The Hall–Kier alpha value is -1.63. The van der Waals surface area contributed by atoms with Gasteiger partial charge in [0.25, 0.3) is 0 Å². The summed E-state index contributed by atoms with van der Waals surface area (Å²) in [4.78, 5) is 23.6. The maximum atomic E-state index is 12.3. The van der Waals surface area contributed by atoms with Gasteiger partial charge in [0, 0.05) is 0 Å². The van der Waals surface area contributed by atoms with Crippen molar-refractivity contribution in [3.05, 3.63) is 23.8 Å². The van der Waals surface area contributed by atoms with Gasteiger partial charge in [0.15, 0.2) is 15.1 Å². The van der Waals surface area contributed by atoms with E-state index in [2.05, 4.69) is 36.9 Å². The molecule has 0 aromatic heterocycles. The van der Waals surface area contributed by atoms with E-state index in [1.165, 1.54) is 11.6 Å². The third kappa shape index (κ3) is 3.34. The van der Waals surface area contributed by atoms with Gasteiger partial charge < -0.3 is 10.1 Å². The normalized spacial score (nSPS) is 32.4. The fourth-order valence-electron chi connectivity index (χ4n) is 2.98. The SMILES string of the molecule is COC(=O)C1CS(=O)(=O)C(/C=C/C2CC=C(C)C2(C)C)C(=O)N1. The summed E-state index contributed by atoms with van der Waals surface area (Å²) in [6.45, 7) is 6.26. The average Bonchev–Trinajstić information content (AvgIpc) is 2.71. The minimum atomic E-state index is -3.74. The molecule has 2 aliphatic rings. The van der Waals surface area contributed by atoms with Crippen molar-refractivity contribution in [2.24, 2.45) is 11.3 Å².